The van der Waals surface area contributed by atoms with Crippen molar-refractivity contribution >= 4 is 5.69 Å². The highest BCUT2D eigenvalue weighted by Crippen LogP contribution is 2.36. The first-order chi connectivity index (χ1) is 5.43. The number of aromatic hydroxyl groups is 1. The Morgan fingerprint density at radius 1 is 1.42 bits per heavy atom. The Balaban J connectivity index is 3.26. The van der Waals surface area contributed by atoms with Crippen molar-refractivity contribution in [2.75, 3.05) is 5.73 Å². The summed E-state index contributed by atoms with van der Waals surface area (Å²) in [5.41, 5.74) is 3.33. The number of nitrogens with two attached hydrogens (primary N) is 1. The van der Waals surface area contributed by atoms with Gasteiger partial charge >= 0.3 is 6.18 Å². The minimum absolute atomic E-state index is 0.336. The fraction of sp³-hybridized carbons (Fsp3) is 0.167. The number of nitrogen functional groups attached to an aromatic ring is 1. The standard InChI is InChI=1S/C6H5F3N2O/c7-6(8,9)5-4(12)3(10)1-2-11-5/h1-2,12H,(H2,10,11). The summed E-state index contributed by atoms with van der Waals surface area (Å²) < 4.78 is 35.9. The number of alkyl halides is 3. The second-order valence-electron chi connectivity index (χ2n) is 2.10. The van der Waals surface area contributed by atoms with E-state index in [2.05, 4.69) is 4.98 Å². The van der Waals surface area contributed by atoms with Crippen molar-refractivity contribution in [3.8, 4) is 5.75 Å². The van der Waals surface area contributed by atoms with Crippen LogP contribution in [0, 0.1) is 0 Å². The third kappa shape index (κ3) is 1.41. The van der Waals surface area contributed by atoms with E-state index in [1.165, 1.54) is 0 Å². The molecule has 0 aliphatic heterocycles. The van der Waals surface area contributed by atoms with Crippen LogP contribution >= 0.6 is 0 Å². The van der Waals surface area contributed by atoms with Crippen LogP contribution in [0.2, 0.25) is 0 Å². The van der Waals surface area contributed by atoms with Crippen molar-refractivity contribution in [3.63, 3.8) is 0 Å². The maximum Gasteiger partial charge on any atom is 0.437 e. The molecule has 3 N–H and O–H groups in total. The van der Waals surface area contributed by atoms with Crippen LogP contribution in [-0.2, 0) is 6.18 Å². The van der Waals surface area contributed by atoms with Gasteiger partial charge in [-0.15, -0.1) is 0 Å². The van der Waals surface area contributed by atoms with Crippen LogP contribution in [0.15, 0.2) is 12.3 Å². The Morgan fingerprint density at radius 3 is 2.42 bits per heavy atom. The van der Waals surface area contributed by atoms with E-state index in [9.17, 15) is 13.2 Å². The molecular formula is C6H5F3N2O. The van der Waals surface area contributed by atoms with Gasteiger partial charge in [-0.05, 0) is 6.07 Å². The number of rotatable bonds is 0. The zero-order chi connectivity index (χ0) is 9.35. The van der Waals surface area contributed by atoms with E-state index in [1.54, 1.807) is 0 Å². The van der Waals surface area contributed by atoms with Gasteiger partial charge in [-0.25, -0.2) is 4.98 Å². The molecule has 12 heavy (non-hydrogen) atoms. The van der Waals surface area contributed by atoms with Crippen molar-refractivity contribution < 1.29 is 18.3 Å². The lowest BCUT2D eigenvalue weighted by Gasteiger charge is -2.07. The molecular weight excluding hydrogens is 173 g/mol. The van der Waals surface area contributed by atoms with Gasteiger partial charge in [0.1, 0.15) is 0 Å². The number of pyridine rings is 1. The summed E-state index contributed by atoms with van der Waals surface area (Å²) >= 11 is 0. The molecule has 0 aromatic carbocycles. The van der Waals surface area contributed by atoms with E-state index in [4.69, 9.17) is 10.8 Å². The molecule has 1 aromatic rings. The number of hydrogen-bond acceptors (Lipinski definition) is 3. The van der Waals surface area contributed by atoms with Gasteiger partial charge in [-0.3, -0.25) is 0 Å². The van der Waals surface area contributed by atoms with E-state index >= 15 is 0 Å². The first-order valence-corrected chi connectivity index (χ1v) is 2.93. The summed E-state index contributed by atoms with van der Waals surface area (Å²) in [4.78, 5) is 2.96. The van der Waals surface area contributed by atoms with Crippen molar-refractivity contribution in [1.29, 1.82) is 0 Å². The lowest BCUT2D eigenvalue weighted by atomic mass is 10.3. The van der Waals surface area contributed by atoms with Gasteiger partial charge in [0.15, 0.2) is 11.4 Å². The number of hydrogen-bond donors (Lipinski definition) is 2. The lowest BCUT2D eigenvalue weighted by molar-refractivity contribution is -0.142. The van der Waals surface area contributed by atoms with E-state index < -0.39 is 17.6 Å². The molecule has 0 radical (unpaired) electrons. The molecule has 1 heterocycles. The first kappa shape index (κ1) is 8.63. The first-order valence-electron chi connectivity index (χ1n) is 2.93. The van der Waals surface area contributed by atoms with Crippen molar-refractivity contribution in [2.45, 2.75) is 6.18 Å². The van der Waals surface area contributed by atoms with Crippen LogP contribution < -0.4 is 5.73 Å². The smallest absolute Gasteiger partial charge is 0.437 e. The Labute approximate surface area is 65.6 Å². The predicted molar refractivity (Wildman–Crippen MR) is 35.3 cm³/mol. The van der Waals surface area contributed by atoms with Crippen molar-refractivity contribution in [1.82, 2.24) is 4.98 Å². The van der Waals surface area contributed by atoms with Crippen LogP contribution in [0.25, 0.3) is 0 Å². The maximum absolute atomic E-state index is 12.0. The lowest BCUT2D eigenvalue weighted by Crippen LogP contribution is -2.08. The molecule has 0 saturated heterocycles. The summed E-state index contributed by atoms with van der Waals surface area (Å²) in [5, 5.41) is 8.83. The molecule has 1 rings (SSSR count). The van der Waals surface area contributed by atoms with Gasteiger partial charge in [0, 0.05) is 6.20 Å². The molecule has 0 spiro atoms. The van der Waals surface area contributed by atoms with Crippen LogP contribution in [0.3, 0.4) is 0 Å². The average Bonchev–Trinajstić information content (AvgIpc) is 1.92. The molecule has 6 heteroatoms. The Morgan fingerprint density at radius 2 is 2.00 bits per heavy atom. The Kier molecular flexibility index (Phi) is 1.83. The molecule has 3 nitrogen and oxygen atoms in total. The molecule has 0 aliphatic carbocycles. The van der Waals surface area contributed by atoms with Crippen molar-refractivity contribution in [2.24, 2.45) is 0 Å². The number of halogens is 3. The molecule has 0 fully saturated rings. The largest absolute Gasteiger partial charge is 0.504 e. The maximum atomic E-state index is 12.0. The van der Waals surface area contributed by atoms with E-state index in [1.807, 2.05) is 0 Å². The summed E-state index contributed by atoms with van der Waals surface area (Å²) in [5.74, 6) is -1.02. The zero-order valence-electron chi connectivity index (χ0n) is 5.76. The minimum Gasteiger partial charge on any atom is -0.504 e. The highest BCUT2D eigenvalue weighted by molar-refractivity contribution is 5.53. The van der Waals surface area contributed by atoms with E-state index in [0.29, 0.717) is 0 Å². The third-order valence-electron chi connectivity index (χ3n) is 1.22. The molecule has 0 amide bonds. The van der Waals surface area contributed by atoms with Crippen LogP contribution in [-0.4, -0.2) is 10.1 Å². The summed E-state index contributed by atoms with van der Waals surface area (Å²) in [6.45, 7) is 0. The third-order valence-corrected chi connectivity index (χ3v) is 1.22. The van der Waals surface area contributed by atoms with E-state index in [-0.39, 0.29) is 5.69 Å². The average molecular weight is 178 g/mol. The summed E-state index contributed by atoms with van der Waals surface area (Å²) in [6, 6.07) is 1.09. The molecule has 66 valence electrons. The zero-order valence-corrected chi connectivity index (χ0v) is 5.76. The van der Waals surface area contributed by atoms with Gasteiger partial charge in [-0.1, -0.05) is 0 Å². The molecule has 0 bridgehead atoms. The number of anilines is 1. The predicted octanol–water partition coefficient (Wildman–Crippen LogP) is 1.39. The normalized spacial score (nSPS) is 11.6. The molecule has 0 aliphatic rings. The van der Waals surface area contributed by atoms with Crippen LogP contribution in [0.4, 0.5) is 18.9 Å². The fourth-order valence-corrected chi connectivity index (χ4v) is 0.676. The number of aromatic nitrogens is 1. The molecule has 0 atom stereocenters. The molecule has 1 aromatic heterocycles. The monoisotopic (exact) mass is 178 g/mol. The van der Waals surface area contributed by atoms with Crippen LogP contribution in [0.5, 0.6) is 5.75 Å². The van der Waals surface area contributed by atoms with Gasteiger partial charge < -0.3 is 10.8 Å². The SMILES string of the molecule is Nc1ccnc(C(F)(F)F)c1O. The summed E-state index contributed by atoms with van der Waals surface area (Å²) in [6.07, 6.45) is -3.78. The second-order valence-corrected chi connectivity index (χ2v) is 2.10. The van der Waals surface area contributed by atoms with Gasteiger partial charge in [0.05, 0.1) is 5.69 Å². The van der Waals surface area contributed by atoms with E-state index in [0.717, 1.165) is 12.3 Å². The second kappa shape index (κ2) is 2.54. The van der Waals surface area contributed by atoms with Gasteiger partial charge in [0.2, 0.25) is 0 Å². The highest BCUT2D eigenvalue weighted by atomic mass is 19.4. The molecule has 0 saturated carbocycles. The van der Waals surface area contributed by atoms with Gasteiger partial charge in [0.25, 0.3) is 0 Å². The minimum atomic E-state index is -4.67. The molecule has 0 unspecified atom stereocenters. The van der Waals surface area contributed by atoms with Crippen molar-refractivity contribution in [3.05, 3.63) is 18.0 Å². The quantitative estimate of drug-likeness (QED) is 0.631. The highest BCUT2D eigenvalue weighted by Gasteiger charge is 2.36. The topological polar surface area (TPSA) is 59.1 Å². The summed E-state index contributed by atoms with van der Waals surface area (Å²) in [7, 11) is 0. The fourth-order valence-electron chi connectivity index (χ4n) is 0.676. The Bertz CT molecular complexity index is 297. The van der Waals surface area contributed by atoms with Gasteiger partial charge in [-0.2, -0.15) is 13.2 Å². The van der Waals surface area contributed by atoms with Crippen LogP contribution in [0.1, 0.15) is 5.69 Å². The Hall–Kier alpha value is -1.46. The number of nitrogens with zero attached hydrogens (tertiary/aromatic N) is 1.